The number of thioether (sulfide) groups is 1. The molecule has 19 heavy (non-hydrogen) atoms. The minimum Gasteiger partial charge on any atom is -0.480 e. The zero-order chi connectivity index (χ0) is 14.4. The zero-order valence-electron chi connectivity index (χ0n) is 11.0. The molecule has 0 bridgehead atoms. The van der Waals surface area contributed by atoms with Gasteiger partial charge in [0.2, 0.25) is 5.91 Å². The Morgan fingerprint density at radius 2 is 2.05 bits per heavy atom. The van der Waals surface area contributed by atoms with Crippen molar-refractivity contribution in [1.82, 2.24) is 0 Å². The lowest BCUT2D eigenvalue weighted by Crippen LogP contribution is -2.33. The maximum Gasteiger partial charge on any atom is 0.321 e. The maximum atomic E-state index is 11.6. The predicted molar refractivity (Wildman–Crippen MR) is 77.5 cm³/mol. The second-order valence-corrected chi connectivity index (χ2v) is 5.34. The van der Waals surface area contributed by atoms with E-state index in [2.05, 4.69) is 5.32 Å². The highest BCUT2D eigenvalue weighted by atomic mass is 32.2. The lowest BCUT2D eigenvalue weighted by atomic mass is 10.1. The van der Waals surface area contributed by atoms with Crippen molar-refractivity contribution in [2.45, 2.75) is 19.9 Å². The van der Waals surface area contributed by atoms with Crippen LogP contribution in [0.25, 0.3) is 0 Å². The molecule has 0 aliphatic rings. The number of hydrogen-bond donors (Lipinski definition) is 3. The Bertz CT molecular complexity index is 477. The number of benzene rings is 1. The molecular formula is C13H18N2O3S. The van der Waals surface area contributed by atoms with Crippen molar-refractivity contribution < 1.29 is 14.7 Å². The highest BCUT2D eigenvalue weighted by Crippen LogP contribution is 2.14. The number of nitrogens with two attached hydrogens (primary N) is 1. The Balaban J connectivity index is 2.39. The number of nitrogens with one attached hydrogen (secondary N) is 1. The molecule has 1 atom stereocenters. The molecule has 0 saturated heterocycles. The third kappa shape index (κ3) is 5.32. The van der Waals surface area contributed by atoms with Crippen molar-refractivity contribution >= 4 is 29.3 Å². The van der Waals surface area contributed by atoms with Gasteiger partial charge in [0.05, 0.1) is 5.75 Å². The van der Waals surface area contributed by atoms with Gasteiger partial charge in [-0.2, -0.15) is 0 Å². The summed E-state index contributed by atoms with van der Waals surface area (Å²) in [5, 5.41) is 11.4. The first kappa shape index (κ1) is 15.5. The van der Waals surface area contributed by atoms with Crippen LogP contribution in [0, 0.1) is 13.8 Å². The SMILES string of the molecule is Cc1ccc(NC(=O)CSCC(N)C(=O)O)cc1C. The summed E-state index contributed by atoms with van der Waals surface area (Å²) >= 11 is 1.21. The fraction of sp³-hybridized carbons (Fsp3) is 0.385. The smallest absolute Gasteiger partial charge is 0.321 e. The summed E-state index contributed by atoms with van der Waals surface area (Å²) in [5.41, 5.74) is 8.36. The highest BCUT2D eigenvalue weighted by molar-refractivity contribution is 8.00. The molecule has 0 aromatic heterocycles. The summed E-state index contributed by atoms with van der Waals surface area (Å²) in [4.78, 5) is 22.1. The van der Waals surface area contributed by atoms with Gasteiger partial charge < -0.3 is 16.2 Å². The average molecular weight is 282 g/mol. The number of carbonyl (C=O) groups excluding carboxylic acids is 1. The highest BCUT2D eigenvalue weighted by Gasteiger charge is 2.12. The molecule has 0 saturated carbocycles. The molecule has 1 aromatic carbocycles. The number of amides is 1. The molecule has 6 heteroatoms. The van der Waals surface area contributed by atoms with E-state index in [1.165, 1.54) is 17.3 Å². The van der Waals surface area contributed by atoms with Gasteiger partial charge in [-0.25, -0.2) is 0 Å². The van der Waals surface area contributed by atoms with E-state index in [0.717, 1.165) is 11.3 Å². The number of carboxylic acid groups (broad SMARTS) is 1. The normalized spacial score (nSPS) is 11.9. The first-order valence-electron chi connectivity index (χ1n) is 5.83. The molecule has 0 fully saturated rings. The Morgan fingerprint density at radius 3 is 2.63 bits per heavy atom. The summed E-state index contributed by atoms with van der Waals surface area (Å²) in [6.45, 7) is 3.98. The van der Waals surface area contributed by atoms with Crippen LogP contribution in [0.3, 0.4) is 0 Å². The lowest BCUT2D eigenvalue weighted by Gasteiger charge is -2.08. The molecule has 0 aliphatic heterocycles. The van der Waals surface area contributed by atoms with Crippen molar-refractivity contribution in [3.8, 4) is 0 Å². The monoisotopic (exact) mass is 282 g/mol. The quantitative estimate of drug-likeness (QED) is 0.733. The zero-order valence-corrected chi connectivity index (χ0v) is 11.8. The van der Waals surface area contributed by atoms with Gasteiger partial charge in [-0.3, -0.25) is 9.59 Å². The van der Waals surface area contributed by atoms with Gasteiger partial charge in [0.15, 0.2) is 0 Å². The number of rotatable bonds is 6. The Morgan fingerprint density at radius 1 is 1.37 bits per heavy atom. The second kappa shape index (κ2) is 7.16. The molecule has 5 nitrogen and oxygen atoms in total. The summed E-state index contributed by atoms with van der Waals surface area (Å²) in [6, 6.07) is 4.76. The number of anilines is 1. The average Bonchev–Trinajstić information content (AvgIpc) is 2.33. The van der Waals surface area contributed by atoms with E-state index >= 15 is 0 Å². The summed E-state index contributed by atoms with van der Waals surface area (Å²) in [6.07, 6.45) is 0. The van der Waals surface area contributed by atoms with Crippen molar-refractivity contribution in [2.24, 2.45) is 5.73 Å². The van der Waals surface area contributed by atoms with Crippen LogP contribution in [0.4, 0.5) is 5.69 Å². The predicted octanol–water partition coefficient (Wildman–Crippen LogP) is 1.39. The van der Waals surface area contributed by atoms with E-state index in [0.29, 0.717) is 0 Å². The van der Waals surface area contributed by atoms with Gasteiger partial charge in [0, 0.05) is 11.4 Å². The molecule has 1 rings (SSSR count). The van der Waals surface area contributed by atoms with E-state index in [9.17, 15) is 9.59 Å². The van der Waals surface area contributed by atoms with E-state index in [1.54, 1.807) is 0 Å². The van der Waals surface area contributed by atoms with Crippen molar-refractivity contribution in [3.05, 3.63) is 29.3 Å². The number of aryl methyl sites for hydroxylation is 2. The first-order chi connectivity index (χ1) is 8.90. The van der Waals surface area contributed by atoms with E-state index < -0.39 is 12.0 Å². The van der Waals surface area contributed by atoms with Gasteiger partial charge in [0.25, 0.3) is 0 Å². The summed E-state index contributed by atoms with van der Waals surface area (Å²) < 4.78 is 0. The molecule has 0 aliphatic carbocycles. The maximum absolute atomic E-state index is 11.6. The molecular weight excluding hydrogens is 264 g/mol. The number of aliphatic carboxylic acids is 1. The molecule has 1 aromatic rings. The molecule has 4 N–H and O–H groups in total. The van der Waals surface area contributed by atoms with E-state index in [4.69, 9.17) is 10.8 Å². The van der Waals surface area contributed by atoms with Gasteiger partial charge in [-0.15, -0.1) is 11.8 Å². The van der Waals surface area contributed by atoms with Crippen LogP contribution >= 0.6 is 11.8 Å². The van der Waals surface area contributed by atoms with Crippen LogP contribution in [-0.2, 0) is 9.59 Å². The number of carboxylic acids is 1. The van der Waals surface area contributed by atoms with Crippen molar-refractivity contribution in [3.63, 3.8) is 0 Å². The summed E-state index contributed by atoms with van der Waals surface area (Å²) in [5.74, 6) is -0.809. The minimum absolute atomic E-state index is 0.161. The molecule has 0 radical (unpaired) electrons. The Hall–Kier alpha value is -1.53. The van der Waals surface area contributed by atoms with E-state index in [-0.39, 0.29) is 17.4 Å². The lowest BCUT2D eigenvalue weighted by molar-refractivity contribution is -0.137. The number of hydrogen-bond acceptors (Lipinski definition) is 4. The molecule has 104 valence electrons. The van der Waals surface area contributed by atoms with Gasteiger partial charge in [-0.05, 0) is 37.1 Å². The fourth-order valence-corrected chi connectivity index (χ4v) is 2.14. The van der Waals surface area contributed by atoms with Crippen molar-refractivity contribution in [2.75, 3.05) is 16.8 Å². The van der Waals surface area contributed by atoms with Crippen LogP contribution in [0.2, 0.25) is 0 Å². The third-order valence-electron chi connectivity index (χ3n) is 2.64. The van der Waals surface area contributed by atoms with Crippen LogP contribution in [0.15, 0.2) is 18.2 Å². The standard InChI is InChI=1S/C13H18N2O3S/c1-8-3-4-10(5-9(8)2)15-12(16)7-19-6-11(14)13(17)18/h3-5,11H,6-7,14H2,1-2H3,(H,15,16)(H,17,18). The van der Waals surface area contributed by atoms with Crippen molar-refractivity contribution in [1.29, 1.82) is 0 Å². The summed E-state index contributed by atoms with van der Waals surface area (Å²) in [7, 11) is 0. The van der Waals surface area contributed by atoms with Crippen LogP contribution in [0.1, 0.15) is 11.1 Å². The number of carbonyl (C=O) groups is 2. The van der Waals surface area contributed by atoms with Gasteiger partial charge >= 0.3 is 5.97 Å². The second-order valence-electron chi connectivity index (χ2n) is 4.31. The molecule has 1 unspecified atom stereocenters. The molecule has 1 amide bonds. The van der Waals surface area contributed by atoms with E-state index in [1.807, 2.05) is 32.0 Å². The largest absolute Gasteiger partial charge is 0.480 e. The van der Waals surface area contributed by atoms with Crippen LogP contribution < -0.4 is 11.1 Å². The van der Waals surface area contributed by atoms with Crippen LogP contribution in [-0.4, -0.2) is 34.5 Å². The van der Waals surface area contributed by atoms with Gasteiger partial charge in [-0.1, -0.05) is 6.07 Å². The Labute approximate surface area is 116 Å². The minimum atomic E-state index is -1.05. The topological polar surface area (TPSA) is 92.4 Å². The molecule has 0 spiro atoms. The fourth-order valence-electron chi connectivity index (χ4n) is 1.37. The molecule has 0 heterocycles. The third-order valence-corrected chi connectivity index (χ3v) is 3.70. The first-order valence-corrected chi connectivity index (χ1v) is 6.99. The van der Waals surface area contributed by atoms with Gasteiger partial charge in [0.1, 0.15) is 6.04 Å². The Kier molecular flexibility index (Phi) is 5.85. The van der Waals surface area contributed by atoms with Crippen LogP contribution in [0.5, 0.6) is 0 Å².